The lowest BCUT2D eigenvalue weighted by molar-refractivity contribution is -0.113. The van der Waals surface area contributed by atoms with Crippen molar-refractivity contribution in [1.29, 1.82) is 0 Å². The van der Waals surface area contributed by atoms with Gasteiger partial charge in [-0.1, -0.05) is 22.8 Å². The van der Waals surface area contributed by atoms with Gasteiger partial charge in [0.05, 0.1) is 6.04 Å². The molecule has 2 aromatic rings. The van der Waals surface area contributed by atoms with Gasteiger partial charge < -0.3 is 15.5 Å². The molecule has 1 aromatic heterocycles. The Labute approximate surface area is 137 Å². The molecule has 23 heavy (non-hydrogen) atoms. The number of anilines is 1. The molecule has 124 valence electrons. The Morgan fingerprint density at radius 2 is 2.13 bits per heavy atom. The first-order valence-electron chi connectivity index (χ1n) is 6.57. The second kappa shape index (κ2) is 6.65. The Hall–Kier alpha value is -1.97. The molecule has 10 heteroatoms. The van der Waals surface area contributed by atoms with E-state index in [2.05, 4.69) is 15.5 Å². The zero-order chi connectivity index (χ0) is 17.2. The predicted octanol–water partition coefficient (Wildman–Crippen LogP) is 1.46. The largest absolute Gasteiger partial charge is 0.411 e. The van der Waals surface area contributed by atoms with E-state index >= 15 is 0 Å². The summed E-state index contributed by atoms with van der Waals surface area (Å²) in [6.45, 7) is 3.28. The van der Waals surface area contributed by atoms with Crippen LogP contribution in [0.3, 0.4) is 0 Å². The minimum atomic E-state index is -4.06. The third-order valence-corrected chi connectivity index (χ3v) is 4.69. The van der Waals surface area contributed by atoms with Crippen molar-refractivity contribution in [3.8, 4) is 0 Å². The molecule has 0 unspecified atom stereocenters. The molecule has 2 rings (SSSR count). The topological polar surface area (TPSA) is 128 Å². The highest BCUT2D eigenvalue weighted by atomic mass is 35.5. The van der Waals surface area contributed by atoms with E-state index in [9.17, 15) is 13.2 Å². The van der Waals surface area contributed by atoms with Crippen LogP contribution in [0.25, 0.3) is 0 Å². The molecule has 0 saturated heterocycles. The third-order valence-electron chi connectivity index (χ3n) is 2.94. The summed E-state index contributed by atoms with van der Waals surface area (Å²) in [6.07, 6.45) is 0. The maximum atomic E-state index is 12.1. The summed E-state index contributed by atoms with van der Waals surface area (Å²) in [5, 5.41) is 9.26. The molecular weight excluding hydrogens is 344 g/mol. The molecular formula is C13H15ClN4O4S. The van der Waals surface area contributed by atoms with Gasteiger partial charge in [-0.2, -0.15) is 0 Å². The fourth-order valence-corrected chi connectivity index (χ4v) is 2.79. The molecule has 0 aliphatic rings. The van der Waals surface area contributed by atoms with Gasteiger partial charge in [-0.25, -0.2) is 8.42 Å². The Morgan fingerprint density at radius 3 is 2.74 bits per heavy atom. The number of hydrogen-bond acceptors (Lipinski definition) is 7. The number of halogens is 1. The number of nitrogens with zero attached hydrogens (tertiary/aromatic N) is 2. The van der Waals surface area contributed by atoms with Crippen LogP contribution in [0, 0.1) is 6.92 Å². The van der Waals surface area contributed by atoms with Crippen LogP contribution in [-0.2, 0) is 14.6 Å². The van der Waals surface area contributed by atoms with E-state index in [-0.39, 0.29) is 5.89 Å². The molecule has 0 aliphatic heterocycles. The molecule has 1 heterocycles. The minimum absolute atomic E-state index is 0.0188. The first kappa shape index (κ1) is 17.4. The average molecular weight is 359 g/mol. The quantitative estimate of drug-likeness (QED) is 0.827. The van der Waals surface area contributed by atoms with Gasteiger partial charge in [0.15, 0.2) is 0 Å². The maximum Gasteiger partial charge on any atom is 0.336 e. The van der Waals surface area contributed by atoms with E-state index in [0.717, 1.165) is 0 Å². The van der Waals surface area contributed by atoms with Crippen molar-refractivity contribution >= 4 is 33.0 Å². The Kier molecular flexibility index (Phi) is 5.03. The number of aromatic nitrogens is 2. The number of carbonyl (C=O) groups is 1. The number of nitrogens with two attached hydrogens (primary N) is 1. The van der Waals surface area contributed by atoms with Gasteiger partial charge in [0.1, 0.15) is 5.75 Å². The standard InChI is InChI=1S/C13H15ClN4O4S/c1-7-9(14)4-3-5-10(7)16-11(19)6-23(20,21)13-18-17-12(22-13)8(2)15/h3-5,8H,6,15H2,1-2H3,(H,16,19)/t8-/m0/s1. The van der Waals surface area contributed by atoms with Gasteiger partial charge in [-0.05, 0) is 31.5 Å². The first-order valence-corrected chi connectivity index (χ1v) is 8.60. The second-order valence-corrected chi connectivity index (χ2v) is 7.19. The van der Waals surface area contributed by atoms with Gasteiger partial charge in [0.25, 0.3) is 0 Å². The molecule has 8 nitrogen and oxygen atoms in total. The number of hydrogen-bond donors (Lipinski definition) is 2. The molecule has 3 N–H and O–H groups in total. The molecule has 0 saturated carbocycles. The molecule has 0 radical (unpaired) electrons. The average Bonchev–Trinajstić information content (AvgIpc) is 2.94. The maximum absolute atomic E-state index is 12.1. The lowest BCUT2D eigenvalue weighted by atomic mass is 10.2. The van der Waals surface area contributed by atoms with Gasteiger partial charge in [0.2, 0.25) is 21.6 Å². The number of rotatable bonds is 5. The lowest BCUT2D eigenvalue weighted by Crippen LogP contribution is -2.23. The molecule has 1 atom stereocenters. The Morgan fingerprint density at radius 1 is 1.43 bits per heavy atom. The van der Waals surface area contributed by atoms with Crippen LogP contribution in [0.5, 0.6) is 0 Å². The zero-order valence-corrected chi connectivity index (χ0v) is 14.0. The van der Waals surface area contributed by atoms with Crippen LogP contribution in [0.4, 0.5) is 5.69 Å². The van der Waals surface area contributed by atoms with Gasteiger partial charge in [-0.15, -0.1) is 5.10 Å². The van der Waals surface area contributed by atoms with Crippen molar-refractivity contribution in [2.45, 2.75) is 25.1 Å². The highest BCUT2D eigenvalue weighted by Crippen LogP contribution is 2.23. The fraction of sp³-hybridized carbons (Fsp3) is 0.308. The van der Waals surface area contributed by atoms with Crippen LogP contribution in [0.15, 0.2) is 27.8 Å². The summed E-state index contributed by atoms with van der Waals surface area (Å²) in [5.41, 5.74) is 6.59. The SMILES string of the molecule is Cc1c(Cl)cccc1NC(=O)CS(=O)(=O)c1nnc([C@H](C)N)o1. The summed E-state index contributed by atoms with van der Waals surface area (Å²) < 4.78 is 29.2. The molecule has 0 fully saturated rings. The predicted molar refractivity (Wildman–Crippen MR) is 83.8 cm³/mol. The molecule has 1 aromatic carbocycles. The number of benzene rings is 1. The van der Waals surface area contributed by atoms with E-state index in [1.807, 2.05) is 0 Å². The van der Waals surface area contributed by atoms with Crippen LogP contribution >= 0.6 is 11.6 Å². The summed E-state index contributed by atoms with van der Waals surface area (Å²) in [6, 6.07) is 4.32. The van der Waals surface area contributed by atoms with Crippen molar-refractivity contribution < 1.29 is 17.6 Å². The van der Waals surface area contributed by atoms with Crippen molar-refractivity contribution in [3.63, 3.8) is 0 Å². The van der Waals surface area contributed by atoms with Crippen LogP contribution in [-0.4, -0.2) is 30.3 Å². The van der Waals surface area contributed by atoms with Gasteiger partial charge >= 0.3 is 5.22 Å². The summed E-state index contributed by atoms with van der Waals surface area (Å²) >= 11 is 5.94. The number of amides is 1. The second-order valence-electron chi connectivity index (χ2n) is 4.91. The summed E-state index contributed by atoms with van der Waals surface area (Å²) in [7, 11) is -4.06. The lowest BCUT2D eigenvalue weighted by Gasteiger charge is -2.08. The van der Waals surface area contributed by atoms with Crippen LogP contribution in [0.1, 0.15) is 24.4 Å². The number of nitrogens with one attached hydrogen (secondary N) is 1. The Bertz CT molecular complexity index is 832. The smallest absolute Gasteiger partial charge is 0.336 e. The molecule has 1 amide bonds. The van der Waals surface area contributed by atoms with Crippen molar-refractivity contribution in [3.05, 3.63) is 34.7 Å². The van der Waals surface area contributed by atoms with Crippen molar-refractivity contribution in [1.82, 2.24) is 10.2 Å². The highest BCUT2D eigenvalue weighted by Gasteiger charge is 2.27. The fourth-order valence-electron chi connectivity index (χ4n) is 1.69. The van der Waals surface area contributed by atoms with Gasteiger partial charge in [-0.3, -0.25) is 4.79 Å². The van der Waals surface area contributed by atoms with Gasteiger partial charge in [0, 0.05) is 10.7 Å². The monoisotopic (exact) mass is 358 g/mol. The van der Waals surface area contributed by atoms with E-state index in [1.165, 1.54) is 0 Å². The van der Waals surface area contributed by atoms with E-state index in [1.54, 1.807) is 32.0 Å². The van der Waals surface area contributed by atoms with E-state index in [0.29, 0.717) is 16.3 Å². The van der Waals surface area contributed by atoms with Crippen molar-refractivity contribution in [2.75, 3.05) is 11.1 Å². The first-order chi connectivity index (χ1) is 10.7. The van der Waals surface area contributed by atoms with Crippen LogP contribution < -0.4 is 11.1 Å². The summed E-state index contributed by atoms with van der Waals surface area (Å²) in [5.74, 6) is -1.59. The minimum Gasteiger partial charge on any atom is -0.411 e. The van der Waals surface area contributed by atoms with E-state index < -0.39 is 32.8 Å². The molecule has 0 bridgehead atoms. The summed E-state index contributed by atoms with van der Waals surface area (Å²) in [4.78, 5) is 12.0. The van der Waals surface area contributed by atoms with Crippen molar-refractivity contribution in [2.24, 2.45) is 5.73 Å². The number of carbonyl (C=O) groups excluding carboxylic acids is 1. The normalized spacial score (nSPS) is 12.9. The van der Waals surface area contributed by atoms with E-state index in [4.69, 9.17) is 21.8 Å². The third kappa shape index (κ3) is 4.06. The molecule has 0 spiro atoms. The van der Waals surface area contributed by atoms with Crippen LogP contribution in [0.2, 0.25) is 5.02 Å². The zero-order valence-electron chi connectivity index (χ0n) is 12.4. The number of sulfone groups is 1. The Balaban J connectivity index is 2.13. The molecule has 0 aliphatic carbocycles. The highest BCUT2D eigenvalue weighted by molar-refractivity contribution is 7.91.